The van der Waals surface area contributed by atoms with Crippen molar-refractivity contribution in [1.82, 2.24) is 0 Å². The lowest BCUT2D eigenvalue weighted by molar-refractivity contribution is 0.0755. The Bertz CT molecular complexity index is 511. The molecule has 2 heteroatoms. The van der Waals surface area contributed by atoms with E-state index in [-0.39, 0.29) is 5.78 Å². The van der Waals surface area contributed by atoms with Gasteiger partial charge in [0, 0.05) is 24.7 Å². The van der Waals surface area contributed by atoms with Gasteiger partial charge < -0.3 is 4.74 Å². The van der Waals surface area contributed by atoms with Crippen LogP contribution in [0.2, 0.25) is 0 Å². The highest BCUT2D eigenvalue weighted by atomic mass is 16.5. The fourth-order valence-electron chi connectivity index (χ4n) is 1.95. The number of benzene rings is 1. The van der Waals surface area contributed by atoms with Gasteiger partial charge in [-0.05, 0) is 6.08 Å². The van der Waals surface area contributed by atoms with Gasteiger partial charge >= 0.3 is 0 Å². The monoisotopic (exact) mass is 240 g/mol. The van der Waals surface area contributed by atoms with Gasteiger partial charge in [0.2, 0.25) is 0 Å². The Hall–Kier alpha value is -1.93. The minimum absolute atomic E-state index is 0.0422. The molecule has 0 aliphatic heterocycles. The average Bonchev–Trinajstić information content (AvgIpc) is 2.47. The van der Waals surface area contributed by atoms with E-state index in [1.807, 2.05) is 48.6 Å². The Morgan fingerprint density at radius 3 is 2.61 bits per heavy atom. The molecular formula is C16H16O2. The largest absolute Gasteiger partial charge is 0.370 e. The topological polar surface area (TPSA) is 26.3 Å². The maximum Gasteiger partial charge on any atom is 0.192 e. The van der Waals surface area contributed by atoms with Gasteiger partial charge in [0.1, 0.15) is 5.60 Å². The van der Waals surface area contributed by atoms with E-state index in [2.05, 4.69) is 6.58 Å². The molecule has 1 aromatic carbocycles. The van der Waals surface area contributed by atoms with E-state index in [9.17, 15) is 4.79 Å². The fourth-order valence-corrected chi connectivity index (χ4v) is 1.95. The minimum atomic E-state index is -0.472. The highest BCUT2D eigenvalue weighted by Gasteiger charge is 2.25. The third-order valence-electron chi connectivity index (χ3n) is 3.21. The summed E-state index contributed by atoms with van der Waals surface area (Å²) < 4.78 is 5.40. The summed E-state index contributed by atoms with van der Waals surface area (Å²) in [5.74, 6) is 0.0422. The quantitative estimate of drug-likeness (QED) is 0.596. The van der Waals surface area contributed by atoms with Crippen LogP contribution in [0.25, 0.3) is 0 Å². The van der Waals surface area contributed by atoms with Crippen molar-refractivity contribution >= 4 is 5.78 Å². The van der Waals surface area contributed by atoms with E-state index in [0.717, 1.165) is 0 Å². The van der Waals surface area contributed by atoms with Crippen molar-refractivity contribution in [2.45, 2.75) is 12.0 Å². The van der Waals surface area contributed by atoms with Gasteiger partial charge in [0.25, 0.3) is 0 Å². The Balaban J connectivity index is 2.19. The van der Waals surface area contributed by atoms with Crippen LogP contribution in [0.15, 0.2) is 66.8 Å². The number of hydrogen-bond donors (Lipinski definition) is 0. The first-order valence-electron chi connectivity index (χ1n) is 5.89. The van der Waals surface area contributed by atoms with Crippen molar-refractivity contribution in [3.8, 4) is 0 Å². The van der Waals surface area contributed by atoms with Crippen molar-refractivity contribution in [3.63, 3.8) is 0 Å². The Morgan fingerprint density at radius 1 is 1.39 bits per heavy atom. The molecule has 1 unspecified atom stereocenters. The summed E-state index contributed by atoms with van der Waals surface area (Å²) in [6.07, 6.45) is 7.99. The SMILES string of the molecule is C=CC1(OC)C=CC(C(=O)c2ccccc2)=CC1. The molecule has 0 amide bonds. The number of hydrogen-bond acceptors (Lipinski definition) is 2. The standard InChI is InChI=1S/C16H16O2/c1-3-16(18-2)11-9-14(10-12-16)15(17)13-7-5-4-6-8-13/h3-11H,1,12H2,2H3. The van der Waals surface area contributed by atoms with E-state index in [4.69, 9.17) is 4.74 Å². The fraction of sp³-hybridized carbons (Fsp3) is 0.188. The van der Waals surface area contributed by atoms with Crippen LogP contribution in [0.5, 0.6) is 0 Å². The molecule has 92 valence electrons. The summed E-state index contributed by atoms with van der Waals surface area (Å²) in [5.41, 5.74) is 0.938. The lowest BCUT2D eigenvalue weighted by atomic mass is 9.89. The summed E-state index contributed by atoms with van der Waals surface area (Å²) in [6, 6.07) is 9.27. The van der Waals surface area contributed by atoms with Crippen molar-refractivity contribution in [2.24, 2.45) is 0 Å². The van der Waals surface area contributed by atoms with Gasteiger partial charge in [-0.2, -0.15) is 0 Å². The third-order valence-corrected chi connectivity index (χ3v) is 3.21. The molecular weight excluding hydrogens is 224 g/mol. The van der Waals surface area contributed by atoms with Crippen molar-refractivity contribution in [1.29, 1.82) is 0 Å². The lowest BCUT2D eigenvalue weighted by Gasteiger charge is -2.27. The number of rotatable bonds is 4. The Morgan fingerprint density at radius 2 is 2.11 bits per heavy atom. The highest BCUT2D eigenvalue weighted by Crippen LogP contribution is 2.26. The van der Waals surface area contributed by atoms with Crippen molar-refractivity contribution in [3.05, 3.63) is 72.4 Å². The maximum absolute atomic E-state index is 12.2. The molecule has 0 fully saturated rings. The number of ketones is 1. The van der Waals surface area contributed by atoms with Crippen LogP contribution < -0.4 is 0 Å². The van der Waals surface area contributed by atoms with Gasteiger partial charge in [-0.3, -0.25) is 4.79 Å². The number of carbonyl (C=O) groups is 1. The molecule has 0 N–H and O–H groups in total. The number of methoxy groups -OCH3 is 1. The van der Waals surface area contributed by atoms with Gasteiger partial charge in [-0.1, -0.05) is 55.1 Å². The average molecular weight is 240 g/mol. The highest BCUT2D eigenvalue weighted by molar-refractivity contribution is 6.10. The summed E-state index contributed by atoms with van der Waals surface area (Å²) in [4.78, 5) is 12.2. The number of allylic oxidation sites excluding steroid dienone is 2. The zero-order valence-corrected chi connectivity index (χ0v) is 10.4. The zero-order chi connectivity index (χ0) is 13.0. The molecule has 0 aromatic heterocycles. The second kappa shape index (κ2) is 5.15. The molecule has 0 radical (unpaired) electrons. The van der Waals surface area contributed by atoms with Crippen molar-refractivity contribution < 1.29 is 9.53 Å². The first-order chi connectivity index (χ1) is 8.71. The van der Waals surface area contributed by atoms with Crippen molar-refractivity contribution in [2.75, 3.05) is 7.11 Å². The molecule has 1 aliphatic carbocycles. The third kappa shape index (κ3) is 2.34. The smallest absolute Gasteiger partial charge is 0.192 e. The van der Waals surface area contributed by atoms with Crippen LogP contribution in [-0.4, -0.2) is 18.5 Å². The Kier molecular flexibility index (Phi) is 3.58. The number of carbonyl (C=O) groups excluding carboxylic acids is 1. The van der Waals surface area contributed by atoms with Crippen LogP contribution >= 0.6 is 0 Å². The van der Waals surface area contributed by atoms with E-state index < -0.39 is 5.60 Å². The first-order valence-corrected chi connectivity index (χ1v) is 5.89. The summed E-state index contributed by atoms with van der Waals surface area (Å²) in [5, 5.41) is 0. The normalized spacial score (nSPS) is 22.4. The Labute approximate surface area is 107 Å². The van der Waals surface area contributed by atoms with Gasteiger partial charge in [-0.25, -0.2) is 0 Å². The van der Waals surface area contributed by atoms with Gasteiger partial charge in [-0.15, -0.1) is 0 Å². The summed E-state index contributed by atoms with van der Waals surface area (Å²) >= 11 is 0. The molecule has 1 aliphatic rings. The molecule has 0 saturated carbocycles. The molecule has 0 saturated heterocycles. The van der Waals surface area contributed by atoms with Crippen LogP contribution in [0.3, 0.4) is 0 Å². The van der Waals surface area contributed by atoms with E-state index >= 15 is 0 Å². The van der Waals surface area contributed by atoms with Crippen LogP contribution in [0.1, 0.15) is 16.8 Å². The van der Waals surface area contributed by atoms with Gasteiger partial charge in [0.15, 0.2) is 5.78 Å². The van der Waals surface area contributed by atoms with Gasteiger partial charge in [0.05, 0.1) is 0 Å². The molecule has 2 nitrogen and oxygen atoms in total. The van der Waals surface area contributed by atoms with Crippen LogP contribution in [0.4, 0.5) is 0 Å². The van der Waals surface area contributed by atoms with Crippen LogP contribution in [-0.2, 0) is 4.74 Å². The predicted molar refractivity (Wildman–Crippen MR) is 72.5 cm³/mol. The molecule has 2 rings (SSSR count). The molecule has 1 atom stereocenters. The van der Waals surface area contributed by atoms with E-state index in [1.165, 1.54) is 0 Å². The molecule has 0 heterocycles. The molecule has 0 spiro atoms. The van der Waals surface area contributed by atoms with E-state index in [1.54, 1.807) is 13.2 Å². The zero-order valence-electron chi connectivity index (χ0n) is 10.4. The van der Waals surface area contributed by atoms with E-state index in [0.29, 0.717) is 17.6 Å². The second-order valence-electron chi connectivity index (χ2n) is 4.26. The summed E-state index contributed by atoms with van der Waals surface area (Å²) in [6.45, 7) is 3.76. The lowest BCUT2D eigenvalue weighted by Crippen LogP contribution is -2.27. The predicted octanol–water partition coefficient (Wildman–Crippen LogP) is 3.33. The minimum Gasteiger partial charge on any atom is -0.370 e. The number of Topliss-reactive ketones (excluding diaryl/α,β-unsaturated/α-hetero) is 1. The first kappa shape index (κ1) is 12.5. The molecule has 1 aromatic rings. The van der Waals surface area contributed by atoms with Crippen LogP contribution in [0, 0.1) is 0 Å². The maximum atomic E-state index is 12.2. The summed E-state index contributed by atoms with van der Waals surface area (Å²) in [7, 11) is 1.64. The molecule has 0 bridgehead atoms. The second-order valence-corrected chi connectivity index (χ2v) is 4.26. The number of ether oxygens (including phenoxy) is 1. The molecule has 18 heavy (non-hydrogen) atoms.